The van der Waals surface area contributed by atoms with Crippen molar-refractivity contribution < 1.29 is 0 Å². The van der Waals surface area contributed by atoms with Crippen LogP contribution in [-0.4, -0.2) is 30.6 Å². The molecule has 0 aromatic heterocycles. The first kappa shape index (κ1) is 15.0. The molecule has 5 heteroatoms. The molecule has 0 amide bonds. The SMILES string of the molecule is C#CCN1CCC(Nc2ccc(Br)c(Cl)c2Cl)CC1. The predicted octanol–water partition coefficient (Wildman–Crippen LogP) is 4.27. The Morgan fingerprint density at radius 3 is 2.63 bits per heavy atom. The van der Waals surface area contributed by atoms with E-state index in [2.05, 4.69) is 32.1 Å². The van der Waals surface area contributed by atoms with Crippen molar-refractivity contribution in [2.45, 2.75) is 18.9 Å². The highest BCUT2D eigenvalue weighted by Crippen LogP contribution is 2.36. The minimum absolute atomic E-state index is 0.420. The monoisotopic (exact) mass is 360 g/mol. The van der Waals surface area contributed by atoms with Crippen molar-refractivity contribution in [1.82, 2.24) is 4.90 Å². The summed E-state index contributed by atoms with van der Waals surface area (Å²) in [5.41, 5.74) is 0.894. The summed E-state index contributed by atoms with van der Waals surface area (Å²) < 4.78 is 0.813. The van der Waals surface area contributed by atoms with E-state index in [4.69, 9.17) is 29.6 Å². The van der Waals surface area contributed by atoms with E-state index in [9.17, 15) is 0 Å². The van der Waals surface area contributed by atoms with Gasteiger partial charge in [0.15, 0.2) is 0 Å². The molecule has 2 rings (SSSR count). The second-order valence-electron chi connectivity index (χ2n) is 4.62. The molecule has 0 radical (unpaired) electrons. The molecule has 1 saturated heterocycles. The van der Waals surface area contributed by atoms with E-state index >= 15 is 0 Å². The lowest BCUT2D eigenvalue weighted by molar-refractivity contribution is 0.243. The number of hydrogen-bond acceptors (Lipinski definition) is 2. The molecular formula is C14H15BrCl2N2. The summed E-state index contributed by atoms with van der Waals surface area (Å²) in [7, 11) is 0. The number of benzene rings is 1. The van der Waals surface area contributed by atoms with Gasteiger partial charge < -0.3 is 5.32 Å². The number of anilines is 1. The number of piperidine rings is 1. The van der Waals surface area contributed by atoms with Gasteiger partial charge in [0, 0.05) is 23.6 Å². The smallest absolute Gasteiger partial charge is 0.0835 e. The van der Waals surface area contributed by atoms with E-state index in [1.54, 1.807) is 0 Å². The molecule has 0 spiro atoms. The fourth-order valence-corrected chi connectivity index (χ4v) is 3.05. The Morgan fingerprint density at radius 1 is 1.32 bits per heavy atom. The van der Waals surface area contributed by atoms with Gasteiger partial charge in [0.25, 0.3) is 0 Å². The van der Waals surface area contributed by atoms with Crippen molar-refractivity contribution in [2.75, 3.05) is 25.0 Å². The van der Waals surface area contributed by atoms with Gasteiger partial charge in [0.2, 0.25) is 0 Å². The fraction of sp³-hybridized carbons (Fsp3) is 0.429. The standard InChI is InChI=1S/C14H15BrCl2N2/c1-2-7-19-8-5-10(6-9-19)18-12-4-3-11(15)13(16)14(12)17/h1,3-4,10,18H,5-9H2. The summed E-state index contributed by atoms with van der Waals surface area (Å²) in [6.07, 6.45) is 7.45. The fourth-order valence-electron chi connectivity index (χ4n) is 2.22. The molecule has 1 aliphatic rings. The van der Waals surface area contributed by atoms with E-state index in [1.165, 1.54) is 0 Å². The first-order valence-electron chi connectivity index (χ1n) is 6.17. The van der Waals surface area contributed by atoms with Gasteiger partial charge in [-0.05, 0) is 40.9 Å². The number of likely N-dealkylation sites (tertiary alicyclic amines) is 1. The number of nitrogens with one attached hydrogen (secondary N) is 1. The third-order valence-electron chi connectivity index (χ3n) is 3.30. The largest absolute Gasteiger partial charge is 0.381 e. The number of nitrogens with zero attached hydrogens (tertiary/aromatic N) is 1. The highest BCUT2D eigenvalue weighted by Gasteiger charge is 2.19. The normalized spacial score (nSPS) is 17.2. The molecule has 0 aliphatic carbocycles. The lowest BCUT2D eigenvalue weighted by atomic mass is 10.0. The third kappa shape index (κ3) is 3.79. The minimum Gasteiger partial charge on any atom is -0.381 e. The van der Waals surface area contributed by atoms with Crippen LogP contribution in [0.4, 0.5) is 5.69 Å². The maximum absolute atomic E-state index is 6.23. The molecule has 1 aromatic carbocycles. The first-order chi connectivity index (χ1) is 9.11. The molecule has 1 aromatic rings. The van der Waals surface area contributed by atoms with Crippen molar-refractivity contribution in [3.8, 4) is 12.3 Å². The van der Waals surface area contributed by atoms with E-state index in [1.807, 2.05) is 12.1 Å². The maximum atomic E-state index is 6.23. The van der Waals surface area contributed by atoms with Gasteiger partial charge in [-0.2, -0.15) is 0 Å². The molecule has 0 bridgehead atoms. The number of hydrogen-bond donors (Lipinski definition) is 1. The molecule has 0 saturated carbocycles. The molecule has 2 nitrogen and oxygen atoms in total. The number of rotatable bonds is 3. The van der Waals surface area contributed by atoms with Crippen LogP contribution < -0.4 is 5.32 Å². The molecule has 0 unspecified atom stereocenters. The molecule has 102 valence electrons. The Morgan fingerprint density at radius 2 is 2.00 bits per heavy atom. The summed E-state index contributed by atoms with van der Waals surface area (Å²) in [6, 6.07) is 4.28. The van der Waals surface area contributed by atoms with Crippen LogP contribution in [0.15, 0.2) is 16.6 Å². The van der Waals surface area contributed by atoms with Crippen LogP contribution >= 0.6 is 39.1 Å². The summed E-state index contributed by atoms with van der Waals surface area (Å²) in [5, 5.41) is 4.59. The van der Waals surface area contributed by atoms with Gasteiger partial charge in [0.1, 0.15) is 0 Å². The van der Waals surface area contributed by atoms with Crippen LogP contribution in [0.2, 0.25) is 10.0 Å². The van der Waals surface area contributed by atoms with Crippen molar-refractivity contribution in [2.24, 2.45) is 0 Å². The highest BCUT2D eigenvalue weighted by atomic mass is 79.9. The van der Waals surface area contributed by atoms with Gasteiger partial charge in [-0.1, -0.05) is 29.1 Å². The molecule has 1 heterocycles. The van der Waals surface area contributed by atoms with Gasteiger partial charge in [-0.25, -0.2) is 0 Å². The number of terminal acetylenes is 1. The van der Waals surface area contributed by atoms with Crippen LogP contribution in [0.3, 0.4) is 0 Å². The zero-order valence-corrected chi connectivity index (χ0v) is 13.5. The highest BCUT2D eigenvalue weighted by molar-refractivity contribution is 9.10. The second kappa shape index (κ2) is 6.85. The van der Waals surface area contributed by atoms with E-state index in [0.29, 0.717) is 16.1 Å². The van der Waals surface area contributed by atoms with Crippen molar-refractivity contribution in [3.63, 3.8) is 0 Å². The van der Waals surface area contributed by atoms with Crippen LogP contribution in [-0.2, 0) is 0 Å². The van der Waals surface area contributed by atoms with Crippen LogP contribution in [0, 0.1) is 12.3 Å². The van der Waals surface area contributed by atoms with E-state index in [0.717, 1.165) is 42.6 Å². The quantitative estimate of drug-likeness (QED) is 0.639. The summed E-state index contributed by atoms with van der Waals surface area (Å²) >= 11 is 15.7. The van der Waals surface area contributed by atoms with Gasteiger partial charge in [-0.3, -0.25) is 4.90 Å². The van der Waals surface area contributed by atoms with Crippen LogP contribution in [0.25, 0.3) is 0 Å². The number of halogens is 3. The van der Waals surface area contributed by atoms with Crippen LogP contribution in [0.1, 0.15) is 12.8 Å². The lowest BCUT2D eigenvalue weighted by Crippen LogP contribution is -2.39. The topological polar surface area (TPSA) is 15.3 Å². The van der Waals surface area contributed by atoms with Crippen molar-refractivity contribution in [1.29, 1.82) is 0 Å². The lowest BCUT2D eigenvalue weighted by Gasteiger charge is -2.31. The molecule has 1 fully saturated rings. The summed E-state index contributed by atoms with van der Waals surface area (Å²) in [4.78, 5) is 2.29. The van der Waals surface area contributed by atoms with Crippen LogP contribution in [0.5, 0.6) is 0 Å². The first-order valence-corrected chi connectivity index (χ1v) is 7.72. The summed E-state index contributed by atoms with van der Waals surface area (Å²) in [6.45, 7) is 2.77. The molecular weight excluding hydrogens is 347 g/mol. The Balaban J connectivity index is 1.96. The Hall–Kier alpha value is -0.400. The van der Waals surface area contributed by atoms with Gasteiger partial charge in [-0.15, -0.1) is 6.42 Å². The average molecular weight is 362 g/mol. The third-order valence-corrected chi connectivity index (χ3v) is 5.07. The predicted molar refractivity (Wildman–Crippen MR) is 86.1 cm³/mol. The zero-order chi connectivity index (χ0) is 13.8. The van der Waals surface area contributed by atoms with Gasteiger partial charge in [0.05, 0.1) is 22.3 Å². The summed E-state index contributed by atoms with van der Waals surface area (Å²) in [5.74, 6) is 2.69. The second-order valence-corrected chi connectivity index (χ2v) is 6.23. The Labute approximate surface area is 132 Å². The van der Waals surface area contributed by atoms with Crippen molar-refractivity contribution in [3.05, 3.63) is 26.7 Å². The van der Waals surface area contributed by atoms with Gasteiger partial charge >= 0.3 is 0 Å². The zero-order valence-electron chi connectivity index (χ0n) is 10.4. The minimum atomic E-state index is 0.420. The Kier molecular flexibility index (Phi) is 5.41. The van der Waals surface area contributed by atoms with E-state index in [-0.39, 0.29) is 0 Å². The molecule has 1 aliphatic heterocycles. The maximum Gasteiger partial charge on any atom is 0.0835 e. The average Bonchev–Trinajstić information content (AvgIpc) is 2.42. The molecule has 19 heavy (non-hydrogen) atoms. The van der Waals surface area contributed by atoms with Crippen molar-refractivity contribution >= 4 is 44.8 Å². The Bertz CT molecular complexity index is 491. The molecule has 0 atom stereocenters. The molecule has 1 N–H and O–H groups in total. The van der Waals surface area contributed by atoms with E-state index < -0.39 is 0 Å².